The molecule has 0 aliphatic rings. The number of hydrogen-bond acceptors (Lipinski definition) is 5. The van der Waals surface area contributed by atoms with Crippen molar-refractivity contribution in [2.75, 3.05) is 14.2 Å². The summed E-state index contributed by atoms with van der Waals surface area (Å²) in [6, 6.07) is 4.53. The molecule has 114 valence electrons. The van der Waals surface area contributed by atoms with Gasteiger partial charge in [0.25, 0.3) is 10.0 Å². The zero-order valence-corrected chi connectivity index (χ0v) is 13.6. The van der Waals surface area contributed by atoms with E-state index in [1.807, 2.05) is 0 Å². The van der Waals surface area contributed by atoms with Crippen LogP contribution in [0.15, 0.2) is 23.1 Å². The van der Waals surface area contributed by atoms with Crippen LogP contribution in [0.5, 0.6) is 11.5 Å². The summed E-state index contributed by atoms with van der Waals surface area (Å²) in [5, 5.41) is 4.31. The lowest BCUT2D eigenvalue weighted by Gasteiger charge is -2.12. The predicted molar refractivity (Wildman–Crippen MR) is 78.8 cm³/mol. The number of aromatic nitrogens is 2. The number of ether oxygens (including phenoxy) is 2. The maximum Gasteiger partial charge on any atom is 0.287 e. The minimum atomic E-state index is -3.93. The van der Waals surface area contributed by atoms with E-state index in [-0.39, 0.29) is 10.6 Å². The monoisotopic (exact) mass is 330 g/mol. The lowest BCUT2D eigenvalue weighted by atomic mass is 10.3. The van der Waals surface area contributed by atoms with Crippen LogP contribution in [-0.4, -0.2) is 31.8 Å². The lowest BCUT2D eigenvalue weighted by molar-refractivity contribution is 0.392. The maximum atomic E-state index is 12.8. The Morgan fingerprint density at radius 1 is 1.19 bits per heavy atom. The molecule has 0 unspecified atom stereocenters. The highest BCUT2D eigenvalue weighted by atomic mass is 35.5. The van der Waals surface area contributed by atoms with Gasteiger partial charge in [0.15, 0.2) is 0 Å². The molecular formula is C13H15ClN2O4S. The summed E-state index contributed by atoms with van der Waals surface area (Å²) in [6.45, 7) is 3.23. The highest BCUT2D eigenvalue weighted by Gasteiger charge is 2.27. The Labute approximate surface area is 128 Å². The molecule has 0 atom stereocenters. The van der Waals surface area contributed by atoms with Crippen molar-refractivity contribution in [3.05, 3.63) is 34.6 Å². The second kappa shape index (κ2) is 5.57. The van der Waals surface area contributed by atoms with Crippen molar-refractivity contribution in [3.8, 4) is 11.5 Å². The molecule has 6 nitrogen and oxygen atoms in total. The third-order valence-electron chi connectivity index (χ3n) is 3.04. The lowest BCUT2D eigenvalue weighted by Crippen LogP contribution is -2.17. The maximum absolute atomic E-state index is 12.8. The summed E-state index contributed by atoms with van der Waals surface area (Å²) in [7, 11) is -1.08. The molecule has 0 aliphatic carbocycles. The first-order valence-electron chi connectivity index (χ1n) is 6.02. The van der Waals surface area contributed by atoms with Gasteiger partial charge in [-0.3, -0.25) is 0 Å². The van der Waals surface area contributed by atoms with Crippen LogP contribution in [0.3, 0.4) is 0 Å². The largest absolute Gasteiger partial charge is 0.497 e. The standard InChI is InChI=1S/C13H15ClN2O4S/c1-8-13(14)9(2)16(15-8)21(17,18)12-7-10(19-3)5-6-11(12)20-4/h5-7H,1-4H3. The fourth-order valence-electron chi connectivity index (χ4n) is 1.91. The second-order valence-electron chi connectivity index (χ2n) is 4.35. The summed E-state index contributed by atoms with van der Waals surface area (Å²) in [5.74, 6) is 0.612. The average Bonchev–Trinajstić information content (AvgIpc) is 2.74. The smallest absolute Gasteiger partial charge is 0.287 e. The van der Waals surface area contributed by atoms with E-state index >= 15 is 0 Å². The molecule has 2 aromatic rings. The normalized spacial score (nSPS) is 11.5. The number of hydrogen-bond donors (Lipinski definition) is 0. The summed E-state index contributed by atoms with van der Waals surface area (Å²) >= 11 is 6.02. The van der Waals surface area contributed by atoms with E-state index in [1.54, 1.807) is 19.9 Å². The van der Waals surface area contributed by atoms with Crippen molar-refractivity contribution in [2.45, 2.75) is 18.7 Å². The molecule has 0 bridgehead atoms. The molecule has 8 heteroatoms. The Kier molecular flexibility index (Phi) is 4.15. The van der Waals surface area contributed by atoms with Gasteiger partial charge >= 0.3 is 0 Å². The fraction of sp³-hybridized carbons (Fsp3) is 0.308. The molecule has 0 fully saturated rings. The summed E-state index contributed by atoms with van der Waals surface area (Å²) in [4.78, 5) is -0.0355. The van der Waals surface area contributed by atoms with Gasteiger partial charge in [-0.2, -0.15) is 17.6 Å². The quantitative estimate of drug-likeness (QED) is 0.861. The van der Waals surface area contributed by atoms with Crippen molar-refractivity contribution >= 4 is 21.6 Å². The summed E-state index contributed by atoms with van der Waals surface area (Å²) in [5.41, 5.74) is 0.790. The van der Waals surface area contributed by atoms with E-state index in [1.165, 1.54) is 26.4 Å². The van der Waals surface area contributed by atoms with E-state index in [0.29, 0.717) is 22.2 Å². The van der Waals surface area contributed by atoms with Gasteiger partial charge in [0, 0.05) is 6.07 Å². The Morgan fingerprint density at radius 3 is 2.33 bits per heavy atom. The zero-order chi connectivity index (χ0) is 15.8. The van der Waals surface area contributed by atoms with Gasteiger partial charge in [-0.05, 0) is 26.0 Å². The predicted octanol–water partition coefficient (Wildman–Crippen LogP) is 2.41. The SMILES string of the molecule is COc1ccc(OC)c(S(=O)(=O)n2nc(C)c(Cl)c2C)c1. The molecule has 0 aliphatic heterocycles. The van der Waals surface area contributed by atoms with Gasteiger partial charge in [-0.15, -0.1) is 0 Å². The molecule has 0 radical (unpaired) electrons. The molecular weight excluding hydrogens is 316 g/mol. The van der Waals surface area contributed by atoms with Gasteiger partial charge in [0.05, 0.1) is 30.6 Å². The first-order chi connectivity index (χ1) is 9.82. The third-order valence-corrected chi connectivity index (χ3v) is 5.27. The number of methoxy groups -OCH3 is 2. The molecule has 0 N–H and O–H groups in total. The van der Waals surface area contributed by atoms with Crippen molar-refractivity contribution in [2.24, 2.45) is 0 Å². The topological polar surface area (TPSA) is 70.4 Å². The van der Waals surface area contributed by atoms with E-state index in [4.69, 9.17) is 21.1 Å². The van der Waals surface area contributed by atoms with Gasteiger partial charge in [0.2, 0.25) is 0 Å². The second-order valence-corrected chi connectivity index (χ2v) is 6.46. The highest BCUT2D eigenvalue weighted by molar-refractivity contribution is 7.90. The van der Waals surface area contributed by atoms with Crippen molar-refractivity contribution in [1.82, 2.24) is 9.19 Å². The minimum absolute atomic E-state index is 0.0355. The van der Waals surface area contributed by atoms with Crippen LogP contribution in [0.25, 0.3) is 0 Å². The van der Waals surface area contributed by atoms with Gasteiger partial charge in [0.1, 0.15) is 16.4 Å². The molecule has 1 heterocycles. The molecule has 0 saturated carbocycles. The number of rotatable bonds is 4. The first-order valence-corrected chi connectivity index (χ1v) is 7.84. The molecule has 21 heavy (non-hydrogen) atoms. The van der Waals surface area contributed by atoms with Gasteiger partial charge < -0.3 is 9.47 Å². The van der Waals surface area contributed by atoms with E-state index < -0.39 is 10.0 Å². The van der Waals surface area contributed by atoms with E-state index in [9.17, 15) is 8.42 Å². The first kappa shape index (κ1) is 15.7. The molecule has 0 amide bonds. The third kappa shape index (κ3) is 2.58. The Balaban J connectivity index is 2.71. The van der Waals surface area contributed by atoms with Crippen LogP contribution in [0.4, 0.5) is 0 Å². The summed E-state index contributed by atoms with van der Waals surface area (Å²) < 4.78 is 36.6. The van der Waals surface area contributed by atoms with E-state index in [2.05, 4.69) is 5.10 Å². The Morgan fingerprint density at radius 2 is 1.86 bits per heavy atom. The van der Waals surface area contributed by atoms with Crippen LogP contribution in [0.1, 0.15) is 11.4 Å². The van der Waals surface area contributed by atoms with Gasteiger partial charge in [-0.1, -0.05) is 11.6 Å². The fourth-order valence-corrected chi connectivity index (χ4v) is 3.62. The number of aryl methyl sites for hydroxylation is 1. The minimum Gasteiger partial charge on any atom is -0.497 e. The van der Waals surface area contributed by atoms with Crippen LogP contribution in [0.2, 0.25) is 5.02 Å². The van der Waals surface area contributed by atoms with Crippen LogP contribution in [-0.2, 0) is 10.0 Å². The Bertz CT molecular complexity index is 784. The number of benzene rings is 1. The van der Waals surface area contributed by atoms with Crippen LogP contribution in [0, 0.1) is 13.8 Å². The molecule has 1 aromatic heterocycles. The average molecular weight is 331 g/mol. The molecule has 1 aromatic carbocycles. The highest BCUT2D eigenvalue weighted by Crippen LogP contribution is 2.31. The van der Waals surface area contributed by atoms with Crippen LogP contribution >= 0.6 is 11.6 Å². The Hall–Kier alpha value is -1.73. The number of halogens is 1. The summed E-state index contributed by atoms with van der Waals surface area (Å²) in [6.07, 6.45) is 0. The van der Waals surface area contributed by atoms with Crippen LogP contribution < -0.4 is 9.47 Å². The van der Waals surface area contributed by atoms with Crippen molar-refractivity contribution in [3.63, 3.8) is 0 Å². The molecule has 0 saturated heterocycles. The van der Waals surface area contributed by atoms with Crippen molar-refractivity contribution < 1.29 is 17.9 Å². The molecule has 2 rings (SSSR count). The zero-order valence-electron chi connectivity index (χ0n) is 12.0. The molecule has 0 spiro atoms. The van der Waals surface area contributed by atoms with Crippen molar-refractivity contribution in [1.29, 1.82) is 0 Å². The number of nitrogens with zero attached hydrogens (tertiary/aromatic N) is 2. The van der Waals surface area contributed by atoms with Gasteiger partial charge in [-0.25, -0.2) is 0 Å². The van der Waals surface area contributed by atoms with E-state index in [0.717, 1.165) is 4.09 Å².